The standard InChI is InChI=1S/C8H10N4.H2/c1-5(2)6-3-4-7-8(9-6)11-12-10-7;/h3-5H,1-2H3,(H,9,10,11,12);1H. The van der Waals surface area contributed by atoms with Crippen LogP contribution in [-0.4, -0.2) is 20.4 Å². The second-order valence-electron chi connectivity index (χ2n) is 3.06. The van der Waals surface area contributed by atoms with E-state index in [2.05, 4.69) is 34.2 Å². The van der Waals surface area contributed by atoms with Gasteiger partial charge in [-0.2, -0.15) is 10.3 Å². The van der Waals surface area contributed by atoms with E-state index >= 15 is 0 Å². The molecule has 0 bridgehead atoms. The first kappa shape index (κ1) is 7.21. The Hall–Kier alpha value is -1.45. The minimum absolute atomic E-state index is 0. The van der Waals surface area contributed by atoms with Crippen LogP contribution in [0, 0.1) is 0 Å². The van der Waals surface area contributed by atoms with Crippen LogP contribution < -0.4 is 0 Å². The van der Waals surface area contributed by atoms with Gasteiger partial charge in [0.1, 0.15) is 5.52 Å². The van der Waals surface area contributed by atoms with Crippen molar-refractivity contribution in [3.8, 4) is 0 Å². The Morgan fingerprint density at radius 2 is 2.17 bits per heavy atom. The third-order valence-corrected chi connectivity index (χ3v) is 1.79. The molecule has 4 nitrogen and oxygen atoms in total. The smallest absolute Gasteiger partial charge is 0.201 e. The van der Waals surface area contributed by atoms with E-state index in [-0.39, 0.29) is 1.43 Å². The summed E-state index contributed by atoms with van der Waals surface area (Å²) in [6.45, 7) is 4.21. The second-order valence-corrected chi connectivity index (χ2v) is 3.06. The highest BCUT2D eigenvalue weighted by Gasteiger charge is 2.03. The largest absolute Gasteiger partial charge is 0.230 e. The van der Waals surface area contributed by atoms with Gasteiger partial charge in [0.05, 0.1) is 0 Å². The van der Waals surface area contributed by atoms with Gasteiger partial charge in [-0.05, 0) is 18.1 Å². The molecule has 0 amide bonds. The van der Waals surface area contributed by atoms with E-state index in [1.807, 2.05) is 12.1 Å². The summed E-state index contributed by atoms with van der Waals surface area (Å²) in [5.41, 5.74) is 2.57. The Kier molecular flexibility index (Phi) is 1.53. The first-order chi connectivity index (χ1) is 5.77. The van der Waals surface area contributed by atoms with E-state index in [0.29, 0.717) is 11.6 Å². The fourth-order valence-electron chi connectivity index (χ4n) is 1.07. The van der Waals surface area contributed by atoms with Gasteiger partial charge in [-0.1, -0.05) is 13.8 Å². The normalized spacial score (nSPS) is 11.2. The van der Waals surface area contributed by atoms with Gasteiger partial charge in [-0.3, -0.25) is 0 Å². The van der Waals surface area contributed by atoms with Crippen molar-refractivity contribution >= 4 is 11.2 Å². The highest BCUT2D eigenvalue weighted by molar-refractivity contribution is 5.68. The molecule has 0 atom stereocenters. The summed E-state index contributed by atoms with van der Waals surface area (Å²) >= 11 is 0. The van der Waals surface area contributed by atoms with E-state index in [1.165, 1.54) is 0 Å². The van der Waals surface area contributed by atoms with Crippen molar-refractivity contribution in [3.63, 3.8) is 0 Å². The molecule has 0 aliphatic carbocycles. The maximum absolute atomic E-state index is 4.33. The number of nitrogens with one attached hydrogen (secondary N) is 1. The molecule has 2 rings (SSSR count). The van der Waals surface area contributed by atoms with Crippen molar-refractivity contribution in [2.75, 3.05) is 0 Å². The summed E-state index contributed by atoms with van der Waals surface area (Å²) in [5.74, 6) is 0.436. The molecule has 0 fully saturated rings. The monoisotopic (exact) mass is 164 g/mol. The van der Waals surface area contributed by atoms with Gasteiger partial charge in [-0.25, -0.2) is 4.98 Å². The van der Waals surface area contributed by atoms with Crippen molar-refractivity contribution in [1.29, 1.82) is 0 Å². The number of aromatic nitrogens is 4. The zero-order valence-corrected chi connectivity index (χ0v) is 7.07. The maximum atomic E-state index is 4.33. The van der Waals surface area contributed by atoms with Gasteiger partial charge >= 0.3 is 0 Å². The van der Waals surface area contributed by atoms with Gasteiger partial charge in [-0.15, -0.1) is 5.10 Å². The van der Waals surface area contributed by atoms with E-state index in [1.54, 1.807) is 0 Å². The molecule has 0 aliphatic rings. The van der Waals surface area contributed by atoms with E-state index < -0.39 is 0 Å². The van der Waals surface area contributed by atoms with Crippen molar-refractivity contribution in [2.45, 2.75) is 19.8 Å². The second kappa shape index (κ2) is 2.55. The van der Waals surface area contributed by atoms with Crippen LogP contribution in [0.1, 0.15) is 26.9 Å². The van der Waals surface area contributed by atoms with Gasteiger partial charge in [0.15, 0.2) is 0 Å². The minimum Gasteiger partial charge on any atom is -0.230 e. The number of hydrogen-bond donors (Lipinski definition) is 1. The fraction of sp³-hybridized carbons (Fsp3) is 0.375. The number of fused-ring (bicyclic) bond motifs is 1. The molecule has 0 aliphatic heterocycles. The van der Waals surface area contributed by atoms with Crippen molar-refractivity contribution < 1.29 is 1.43 Å². The lowest BCUT2D eigenvalue weighted by Gasteiger charge is -2.01. The zero-order valence-electron chi connectivity index (χ0n) is 7.07. The predicted molar refractivity (Wildman–Crippen MR) is 47.9 cm³/mol. The van der Waals surface area contributed by atoms with Crippen LogP contribution in [0.2, 0.25) is 0 Å². The maximum Gasteiger partial charge on any atom is 0.201 e. The molecular formula is C8H12N4. The van der Waals surface area contributed by atoms with E-state index in [0.717, 1.165) is 11.2 Å². The molecule has 12 heavy (non-hydrogen) atoms. The molecule has 0 unspecified atom stereocenters. The Labute approximate surface area is 71.5 Å². The van der Waals surface area contributed by atoms with Crippen LogP contribution in [0.15, 0.2) is 12.1 Å². The van der Waals surface area contributed by atoms with Crippen LogP contribution in [0.25, 0.3) is 11.2 Å². The van der Waals surface area contributed by atoms with Crippen LogP contribution in [0.3, 0.4) is 0 Å². The molecule has 2 aromatic rings. The Balaban J connectivity index is 0.000000845. The van der Waals surface area contributed by atoms with Gasteiger partial charge < -0.3 is 0 Å². The first-order valence-corrected chi connectivity index (χ1v) is 3.95. The molecule has 64 valence electrons. The number of nitrogens with zero attached hydrogens (tertiary/aromatic N) is 3. The molecule has 2 aromatic heterocycles. The number of aromatic amines is 1. The third-order valence-electron chi connectivity index (χ3n) is 1.79. The molecule has 0 radical (unpaired) electrons. The quantitative estimate of drug-likeness (QED) is 0.698. The summed E-state index contributed by atoms with van der Waals surface area (Å²) in [7, 11) is 0. The third kappa shape index (κ3) is 1.05. The van der Waals surface area contributed by atoms with Crippen LogP contribution in [0.5, 0.6) is 0 Å². The molecule has 0 saturated carbocycles. The SMILES string of the molecule is CC(C)c1ccc2n[nH]nc2n1.[HH]. The zero-order chi connectivity index (χ0) is 8.55. The fourth-order valence-corrected chi connectivity index (χ4v) is 1.07. The van der Waals surface area contributed by atoms with Crippen molar-refractivity contribution in [1.82, 2.24) is 20.4 Å². The summed E-state index contributed by atoms with van der Waals surface area (Å²) in [6.07, 6.45) is 0. The molecule has 0 aromatic carbocycles. The van der Waals surface area contributed by atoms with E-state index in [4.69, 9.17) is 0 Å². The number of pyridine rings is 1. The first-order valence-electron chi connectivity index (χ1n) is 3.95. The van der Waals surface area contributed by atoms with Crippen molar-refractivity contribution in [3.05, 3.63) is 17.8 Å². The Morgan fingerprint density at radius 1 is 1.33 bits per heavy atom. The van der Waals surface area contributed by atoms with Gasteiger partial charge in [0, 0.05) is 7.12 Å². The summed E-state index contributed by atoms with van der Waals surface area (Å²) in [6, 6.07) is 3.91. The number of hydrogen-bond acceptors (Lipinski definition) is 3. The molecular weight excluding hydrogens is 152 g/mol. The average molecular weight is 164 g/mol. The average Bonchev–Trinajstić information content (AvgIpc) is 2.49. The predicted octanol–water partition coefficient (Wildman–Crippen LogP) is 1.72. The Bertz CT molecular complexity index is 396. The Morgan fingerprint density at radius 3 is 2.92 bits per heavy atom. The summed E-state index contributed by atoms with van der Waals surface area (Å²) < 4.78 is 0. The van der Waals surface area contributed by atoms with Gasteiger partial charge in [0.25, 0.3) is 0 Å². The lowest BCUT2D eigenvalue weighted by molar-refractivity contribution is 0.827. The van der Waals surface area contributed by atoms with Crippen LogP contribution >= 0.6 is 0 Å². The van der Waals surface area contributed by atoms with Crippen molar-refractivity contribution in [2.24, 2.45) is 0 Å². The highest BCUT2D eigenvalue weighted by atomic mass is 15.3. The lowest BCUT2D eigenvalue weighted by atomic mass is 10.1. The molecule has 0 saturated heterocycles. The molecule has 1 N–H and O–H groups in total. The van der Waals surface area contributed by atoms with E-state index in [9.17, 15) is 0 Å². The van der Waals surface area contributed by atoms with Gasteiger partial charge in [0.2, 0.25) is 5.65 Å². The lowest BCUT2D eigenvalue weighted by Crippen LogP contribution is -1.91. The molecule has 4 heteroatoms. The van der Waals surface area contributed by atoms with Crippen LogP contribution in [-0.2, 0) is 0 Å². The highest BCUT2D eigenvalue weighted by Crippen LogP contribution is 2.13. The topological polar surface area (TPSA) is 54.5 Å². The number of H-pyrrole nitrogens is 1. The summed E-state index contributed by atoms with van der Waals surface area (Å²) in [5, 5.41) is 10.4. The minimum atomic E-state index is 0. The molecule has 0 spiro atoms. The summed E-state index contributed by atoms with van der Waals surface area (Å²) in [4.78, 5) is 4.33. The molecule has 2 heterocycles. The number of rotatable bonds is 1. The van der Waals surface area contributed by atoms with Crippen LogP contribution in [0.4, 0.5) is 0 Å².